The molecular weight excluding hydrogens is 392 g/mol. The van der Waals surface area contributed by atoms with Gasteiger partial charge in [0.25, 0.3) is 0 Å². The van der Waals surface area contributed by atoms with Gasteiger partial charge in [0.15, 0.2) is 0 Å². The summed E-state index contributed by atoms with van der Waals surface area (Å²) in [5, 5.41) is 0. The van der Waals surface area contributed by atoms with Gasteiger partial charge >= 0.3 is 0 Å². The molecule has 4 nitrogen and oxygen atoms in total. The van der Waals surface area contributed by atoms with Gasteiger partial charge in [-0.3, -0.25) is 9.13 Å². The standard InChI is InChI=1S/C28H22N4/c1-19-29-23-13-5-9-17-27(23)31(19)25-15-7-3-11-21(25)22-12-4-8-16-26(22)32-20(2)30-24-14-6-10-18-28(24)32/h3-18H,1-2H3. The fraction of sp³-hybridized carbons (Fsp3) is 0.0714. The number of hydrogen-bond donors (Lipinski definition) is 0. The summed E-state index contributed by atoms with van der Waals surface area (Å²) >= 11 is 0. The highest BCUT2D eigenvalue weighted by molar-refractivity contribution is 5.87. The first-order chi connectivity index (χ1) is 15.7. The lowest BCUT2D eigenvalue weighted by atomic mass is 10.0. The highest BCUT2D eigenvalue weighted by Crippen LogP contribution is 2.35. The van der Waals surface area contributed by atoms with Crippen molar-refractivity contribution >= 4 is 22.1 Å². The number of nitrogens with zero attached hydrogens (tertiary/aromatic N) is 4. The Morgan fingerprint density at radius 2 is 0.844 bits per heavy atom. The van der Waals surface area contributed by atoms with Gasteiger partial charge in [0.2, 0.25) is 0 Å². The Morgan fingerprint density at radius 3 is 1.31 bits per heavy atom. The highest BCUT2D eigenvalue weighted by atomic mass is 15.1. The Balaban J connectivity index is 1.65. The normalized spacial score (nSPS) is 11.4. The monoisotopic (exact) mass is 414 g/mol. The number of aromatic nitrogens is 4. The van der Waals surface area contributed by atoms with Crippen LogP contribution in [0.3, 0.4) is 0 Å². The van der Waals surface area contributed by atoms with Crippen LogP contribution in [0.2, 0.25) is 0 Å². The summed E-state index contributed by atoms with van der Waals surface area (Å²) in [6.07, 6.45) is 0. The van der Waals surface area contributed by atoms with E-state index in [0.717, 1.165) is 56.2 Å². The molecule has 0 atom stereocenters. The SMILES string of the molecule is Cc1nc2ccccc2n1-c1ccccc1-c1ccccc1-n1c(C)nc2ccccc21. The van der Waals surface area contributed by atoms with E-state index >= 15 is 0 Å². The van der Waals surface area contributed by atoms with Crippen molar-refractivity contribution in [2.75, 3.05) is 0 Å². The minimum Gasteiger partial charge on any atom is -0.296 e. The lowest BCUT2D eigenvalue weighted by Crippen LogP contribution is -2.03. The van der Waals surface area contributed by atoms with Crippen molar-refractivity contribution in [3.63, 3.8) is 0 Å². The lowest BCUT2D eigenvalue weighted by Gasteiger charge is -2.18. The largest absolute Gasteiger partial charge is 0.296 e. The zero-order chi connectivity index (χ0) is 21.7. The second-order valence-corrected chi connectivity index (χ2v) is 8.00. The fourth-order valence-corrected chi connectivity index (χ4v) is 4.69. The zero-order valence-electron chi connectivity index (χ0n) is 18.0. The maximum absolute atomic E-state index is 4.80. The molecule has 0 amide bonds. The van der Waals surface area contributed by atoms with Crippen LogP contribution in [0.1, 0.15) is 11.6 Å². The van der Waals surface area contributed by atoms with E-state index in [4.69, 9.17) is 9.97 Å². The number of benzene rings is 4. The van der Waals surface area contributed by atoms with Crippen LogP contribution in [0, 0.1) is 13.8 Å². The van der Waals surface area contributed by atoms with E-state index in [9.17, 15) is 0 Å². The van der Waals surface area contributed by atoms with Gasteiger partial charge in [-0.1, -0.05) is 60.7 Å². The summed E-state index contributed by atoms with van der Waals surface area (Å²) in [6, 6.07) is 33.7. The molecule has 0 aliphatic rings. The molecule has 4 heteroatoms. The van der Waals surface area contributed by atoms with E-state index in [0.29, 0.717) is 0 Å². The molecule has 0 fully saturated rings. The molecule has 6 aromatic rings. The predicted molar refractivity (Wildman–Crippen MR) is 131 cm³/mol. The number of hydrogen-bond acceptors (Lipinski definition) is 2. The molecule has 0 bridgehead atoms. The first-order valence-electron chi connectivity index (χ1n) is 10.8. The van der Waals surface area contributed by atoms with Crippen LogP contribution in [-0.4, -0.2) is 19.1 Å². The van der Waals surface area contributed by atoms with Gasteiger partial charge in [0, 0.05) is 11.1 Å². The number of aryl methyl sites for hydroxylation is 2. The van der Waals surface area contributed by atoms with Gasteiger partial charge < -0.3 is 0 Å². The van der Waals surface area contributed by atoms with Crippen LogP contribution in [0.4, 0.5) is 0 Å². The maximum atomic E-state index is 4.80. The van der Waals surface area contributed by atoms with Crippen molar-refractivity contribution < 1.29 is 0 Å². The van der Waals surface area contributed by atoms with E-state index in [-0.39, 0.29) is 0 Å². The van der Waals surface area contributed by atoms with Gasteiger partial charge in [-0.15, -0.1) is 0 Å². The van der Waals surface area contributed by atoms with Gasteiger partial charge in [-0.25, -0.2) is 9.97 Å². The van der Waals surface area contributed by atoms with Crippen LogP contribution in [0.15, 0.2) is 97.1 Å². The third kappa shape index (κ3) is 2.77. The number of para-hydroxylation sites is 6. The molecule has 0 radical (unpaired) electrons. The third-order valence-corrected chi connectivity index (χ3v) is 6.04. The number of fused-ring (bicyclic) bond motifs is 2. The summed E-state index contributed by atoms with van der Waals surface area (Å²) < 4.78 is 4.50. The zero-order valence-corrected chi connectivity index (χ0v) is 18.0. The van der Waals surface area contributed by atoms with Crippen molar-refractivity contribution in [3.8, 4) is 22.5 Å². The minimum atomic E-state index is 0.973. The Morgan fingerprint density at radius 1 is 0.469 bits per heavy atom. The predicted octanol–water partition coefficient (Wildman–Crippen LogP) is 6.65. The van der Waals surface area contributed by atoms with Crippen LogP contribution in [0.5, 0.6) is 0 Å². The first kappa shape index (κ1) is 18.6. The average Bonchev–Trinajstić information content (AvgIpc) is 3.34. The number of rotatable bonds is 3. The minimum absolute atomic E-state index is 0.973. The Bertz CT molecular complexity index is 1480. The van der Waals surface area contributed by atoms with Gasteiger partial charge in [0.1, 0.15) is 11.6 Å². The topological polar surface area (TPSA) is 35.6 Å². The van der Waals surface area contributed by atoms with Crippen LogP contribution in [0.25, 0.3) is 44.6 Å². The van der Waals surface area contributed by atoms with E-state index in [2.05, 4.69) is 108 Å². The summed E-state index contributed by atoms with van der Waals surface area (Å²) in [5.41, 5.74) is 8.78. The summed E-state index contributed by atoms with van der Waals surface area (Å²) in [6.45, 7) is 4.13. The molecule has 0 aliphatic heterocycles. The number of imidazole rings is 2. The van der Waals surface area contributed by atoms with Crippen LogP contribution < -0.4 is 0 Å². The summed E-state index contributed by atoms with van der Waals surface area (Å²) in [5.74, 6) is 1.95. The van der Waals surface area contributed by atoms with Crippen molar-refractivity contribution in [1.82, 2.24) is 19.1 Å². The molecule has 0 saturated carbocycles. The molecule has 4 aromatic carbocycles. The summed E-state index contributed by atoms with van der Waals surface area (Å²) in [4.78, 5) is 9.60. The van der Waals surface area contributed by atoms with Crippen molar-refractivity contribution in [3.05, 3.63) is 109 Å². The molecule has 2 aromatic heterocycles. The van der Waals surface area contributed by atoms with Gasteiger partial charge in [-0.2, -0.15) is 0 Å². The van der Waals surface area contributed by atoms with Crippen molar-refractivity contribution in [1.29, 1.82) is 0 Å². The smallest absolute Gasteiger partial charge is 0.111 e. The molecule has 0 aliphatic carbocycles. The molecule has 6 rings (SSSR count). The lowest BCUT2D eigenvalue weighted by molar-refractivity contribution is 0.992. The van der Waals surface area contributed by atoms with Crippen molar-refractivity contribution in [2.24, 2.45) is 0 Å². The fourth-order valence-electron chi connectivity index (χ4n) is 4.69. The summed E-state index contributed by atoms with van der Waals surface area (Å²) in [7, 11) is 0. The quantitative estimate of drug-likeness (QED) is 0.325. The Kier molecular flexibility index (Phi) is 4.18. The van der Waals surface area contributed by atoms with E-state index in [1.54, 1.807) is 0 Å². The van der Waals surface area contributed by atoms with Crippen molar-refractivity contribution in [2.45, 2.75) is 13.8 Å². The van der Waals surface area contributed by atoms with Gasteiger partial charge in [-0.05, 0) is 50.2 Å². The van der Waals surface area contributed by atoms with Gasteiger partial charge in [0.05, 0.1) is 33.4 Å². The Labute approximate surface area is 186 Å². The van der Waals surface area contributed by atoms with E-state index in [1.807, 2.05) is 12.1 Å². The Hall–Kier alpha value is -4.18. The molecule has 0 N–H and O–H groups in total. The molecule has 32 heavy (non-hydrogen) atoms. The molecule has 0 saturated heterocycles. The highest BCUT2D eigenvalue weighted by Gasteiger charge is 2.17. The van der Waals surface area contributed by atoms with E-state index < -0.39 is 0 Å². The first-order valence-corrected chi connectivity index (χ1v) is 10.8. The molecule has 0 spiro atoms. The van der Waals surface area contributed by atoms with Crippen LogP contribution in [-0.2, 0) is 0 Å². The molecule has 2 heterocycles. The second kappa shape index (κ2) is 7.20. The van der Waals surface area contributed by atoms with E-state index in [1.165, 1.54) is 0 Å². The molecule has 154 valence electrons. The third-order valence-electron chi connectivity index (χ3n) is 6.04. The maximum Gasteiger partial charge on any atom is 0.111 e. The molecule has 0 unspecified atom stereocenters. The molecular formula is C28H22N4. The second-order valence-electron chi connectivity index (χ2n) is 8.00. The van der Waals surface area contributed by atoms with Crippen LogP contribution >= 0.6 is 0 Å². The average molecular weight is 415 g/mol.